The zero-order valence-corrected chi connectivity index (χ0v) is 14.2. The summed E-state index contributed by atoms with van der Waals surface area (Å²) in [6, 6.07) is 5.30. The number of carbonyl (C=O) groups excluding carboxylic acids is 2. The first kappa shape index (κ1) is 15.9. The van der Waals surface area contributed by atoms with Crippen molar-refractivity contribution in [2.45, 2.75) is 12.8 Å². The van der Waals surface area contributed by atoms with Gasteiger partial charge in [0.2, 0.25) is 0 Å². The predicted octanol–water partition coefficient (Wildman–Crippen LogP) is 2.23. The average Bonchev–Trinajstić information content (AvgIpc) is 2.93. The number of hydrogen-bond acceptors (Lipinski definition) is 5. The van der Waals surface area contributed by atoms with Gasteiger partial charge in [-0.05, 0) is 36.8 Å². The maximum atomic E-state index is 12.7. The first-order chi connectivity index (χ1) is 12.1. The Kier molecular flexibility index (Phi) is 3.82. The van der Waals surface area contributed by atoms with E-state index in [1.54, 1.807) is 32.4 Å². The second kappa shape index (κ2) is 6.02. The zero-order valence-electron chi connectivity index (χ0n) is 14.2. The van der Waals surface area contributed by atoms with E-state index >= 15 is 0 Å². The molecule has 2 fully saturated rings. The number of nitrogens with zero attached hydrogens (tertiary/aromatic N) is 2. The van der Waals surface area contributed by atoms with Crippen LogP contribution in [0.1, 0.15) is 18.4 Å². The Hall–Kier alpha value is -2.63. The van der Waals surface area contributed by atoms with Crippen molar-refractivity contribution >= 4 is 18.0 Å². The van der Waals surface area contributed by atoms with Gasteiger partial charge in [-0.1, -0.05) is 12.2 Å². The number of amides is 2. The van der Waals surface area contributed by atoms with Crippen LogP contribution >= 0.6 is 0 Å². The highest BCUT2D eigenvalue weighted by molar-refractivity contribution is 6.06. The third-order valence-electron chi connectivity index (χ3n) is 5.49. The van der Waals surface area contributed by atoms with E-state index in [1.807, 2.05) is 0 Å². The molecule has 4 atom stereocenters. The number of allylic oxidation sites excluding steroid dienone is 2. The molecule has 1 heterocycles. The van der Waals surface area contributed by atoms with Crippen LogP contribution < -0.4 is 9.47 Å². The maximum Gasteiger partial charge on any atom is 0.254 e. The van der Waals surface area contributed by atoms with Crippen LogP contribution in [-0.4, -0.2) is 37.3 Å². The van der Waals surface area contributed by atoms with Gasteiger partial charge in [-0.2, -0.15) is 10.1 Å². The third kappa shape index (κ3) is 2.44. The number of hydrogen-bond donors (Lipinski definition) is 0. The molecule has 0 unspecified atom stereocenters. The first-order valence-corrected chi connectivity index (χ1v) is 8.46. The Morgan fingerprint density at radius 2 is 1.68 bits per heavy atom. The van der Waals surface area contributed by atoms with Crippen molar-refractivity contribution in [2.24, 2.45) is 28.8 Å². The van der Waals surface area contributed by atoms with Crippen molar-refractivity contribution in [1.82, 2.24) is 5.01 Å². The molecule has 1 aromatic carbocycles. The summed E-state index contributed by atoms with van der Waals surface area (Å²) in [6.45, 7) is 0. The Bertz CT molecular complexity index is 754. The fourth-order valence-electron chi connectivity index (χ4n) is 4.22. The third-order valence-corrected chi connectivity index (χ3v) is 5.49. The largest absolute Gasteiger partial charge is 0.497 e. The van der Waals surface area contributed by atoms with Crippen molar-refractivity contribution in [3.8, 4) is 11.5 Å². The summed E-state index contributed by atoms with van der Waals surface area (Å²) in [5.74, 6) is 0.717. The van der Waals surface area contributed by atoms with Gasteiger partial charge in [0.15, 0.2) is 0 Å². The van der Waals surface area contributed by atoms with E-state index in [0.29, 0.717) is 17.1 Å². The van der Waals surface area contributed by atoms with E-state index in [4.69, 9.17) is 9.47 Å². The van der Waals surface area contributed by atoms with Gasteiger partial charge in [0.1, 0.15) is 11.5 Å². The van der Waals surface area contributed by atoms with Crippen molar-refractivity contribution in [3.63, 3.8) is 0 Å². The number of carbonyl (C=O) groups is 2. The molecule has 130 valence electrons. The summed E-state index contributed by atoms with van der Waals surface area (Å²) in [4.78, 5) is 25.4. The molecule has 5 rings (SSSR count). The number of methoxy groups -OCH3 is 2. The Morgan fingerprint density at radius 3 is 2.20 bits per heavy atom. The van der Waals surface area contributed by atoms with E-state index < -0.39 is 0 Å². The molecule has 2 amide bonds. The van der Waals surface area contributed by atoms with Crippen LogP contribution in [0, 0.1) is 23.7 Å². The van der Waals surface area contributed by atoms with Crippen LogP contribution in [0.3, 0.4) is 0 Å². The number of fused-ring (bicyclic) bond motifs is 1. The van der Waals surface area contributed by atoms with E-state index in [0.717, 1.165) is 17.9 Å². The molecule has 1 aromatic rings. The fraction of sp³-hybridized carbons (Fsp3) is 0.421. The molecule has 4 aliphatic rings. The van der Waals surface area contributed by atoms with Gasteiger partial charge in [-0.25, -0.2) is 0 Å². The highest BCUT2D eigenvalue weighted by atomic mass is 16.5. The number of ether oxygens (including phenoxy) is 2. The van der Waals surface area contributed by atoms with Crippen LogP contribution in [0.2, 0.25) is 0 Å². The number of benzene rings is 1. The van der Waals surface area contributed by atoms with Crippen molar-refractivity contribution in [3.05, 3.63) is 35.9 Å². The molecule has 6 heteroatoms. The van der Waals surface area contributed by atoms with E-state index in [2.05, 4.69) is 17.3 Å². The molecule has 3 aliphatic carbocycles. The van der Waals surface area contributed by atoms with Crippen LogP contribution in [0.4, 0.5) is 0 Å². The lowest BCUT2D eigenvalue weighted by molar-refractivity contribution is -0.140. The Balaban J connectivity index is 1.60. The lowest BCUT2D eigenvalue weighted by atomic mass is 9.63. The van der Waals surface area contributed by atoms with E-state index in [-0.39, 0.29) is 35.5 Å². The van der Waals surface area contributed by atoms with Gasteiger partial charge in [0.25, 0.3) is 11.8 Å². The molecular weight excluding hydrogens is 320 g/mol. The molecule has 25 heavy (non-hydrogen) atoms. The summed E-state index contributed by atoms with van der Waals surface area (Å²) in [5, 5.41) is 5.25. The van der Waals surface area contributed by atoms with Crippen molar-refractivity contribution < 1.29 is 19.1 Å². The zero-order chi connectivity index (χ0) is 17.6. The van der Waals surface area contributed by atoms with Gasteiger partial charge in [-0.3, -0.25) is 9.59 Å². The SMILES string of the molecule is COc1ccc(/C=N\N2C(=O)[C@@H]3[C@H](C2=O)[C@@H]2C=C[C@@H]3CC2)c(OC)c1. The summed E-state index contributed by atoms with van der Waals surface area (Å²) >= 11 is 0. The summed E-state index contributed by atoms with van der Waals surface area (Å²) in [5.41, 5.74) is 0.680. The number of hydrazone groups is 1. The molecule has 1 aliphatic heterocycles. The van der Waals surface area contributed by atoms with Gasteiger partial charge >= 0.3 is 0 Å². The molecule has 1 saturated carbocycles. The average molecular weight is 340 g/mol. The lowest BCUT2D eigenvalue weighted by Crippen LogP contribution is -2.38. The molecule has 0 spiro atoms. The van der Waals surface area contributed by atoms with E-state index in [9.17, 15) is 9.59 Å². The molecule has 6 nitrogen and oxygen atoms in total. The van der Waals surface area contributed by atoms with Crippen molar-refractivity contribution in [2.75, 3.05) is 14.2 Å². The minimum Gasteiger partial charge on any atom is -0.497 e. The van der Waals surface area contributed by atoms with Gasteiger partial charge in [0.05, 0.1) is 32.3 Å². The highest BCUT2D eigenvalue weighted by Crippen LogP contribution is 2.49. The second-order valence-electron chi connectivity index (χ2n) is 6.68. The standard InChI is InChI=1S/C19H20N2O4/c1-24-14-8-7-13(15(9-14)25-2)10-20-21-18(22)16-11-3-4-12(6-5-11)17(16)19(21)23/h3-4,7-12,16-17H,5-6H2,1-2H3/b20-10-/t11-,12-,16-,17+/m1/s1. The van der Waals surface area contributed by atoms with Crippen LogP contribution in [-0.2, 0) is 9.59 Å². The van der Waals surface area contributed by atoms with Crippen LogP contribution in [0.25, 0.3) is 0 Å². The molecular formula is C19H20N2O4. The highest BCUT2D eigenvalue weighted by Gasteiger charge is 2.56. The van der Waals surface area contributed by atoms with Gasteiger partial charge < -0.3 is 9.47 Å². The quantitative estimate of drug-likeness (QED) is 0.479. The smallest absolute Gasteiger partial charge is 0.254 e. The normalized spacial score (nSPS) is 30.2. The minimum absolute atomic E-state index is 0.169. The minimum atomic E-state index is -0.244. The monoisotopic (exact) mass is 340 g/mol. The first-order valence-electron chi connectivity index (χ1n) is 8.46. The molecule has 2 bridgehead atoms. The summed E-state index contributed by atoms with van der Waals surface area (Å²) in [6.07, 6.45) is 7.65. The van der Waals surface area contributed by atoms with Gasteiger partial charge in [0, 0.05) is 11.6 Å². The number of imide groups is 1. The van der Waals surface area contributed by atoms with Crippen LogP contribution in [0.15, 0.2) is 35.5 Å². The Labute approximate surface area is 146 Å². The molecule has 0 N–H and O–H groups in total. The van der Waals surface area contributed by atoms with Crippen LogP contribution in [0.5, 0.6) is 11.5 Å². The summed E-state index contributed by atoms with van der Waals surface area (Å²) in [7, 11) is 3.13. The second-order valence-corrected chi connectivity index (χ2v) is 6.68. The van der Waals surface area contributed by atoms with Crippen molar-refractivity contribution in [1.29, 1.82) is 0 Å². The maximum absolute atomic E-state index is 12.7. The molecule has 0 radical (unpaired) electrons. The molecule has 1 saturated heterocycles. The van der Waals surface area contributed by atoms with Gasteiger partial charge in [-0.15, -0.1) is 0 Å². The van der Waals surface area contributed by atoms with E-state index in [1.165, 1.54) is 6.21 Å². The predicted molar refractivity (Wildman–Crippen MR) is 91.3 cm³/mol. The number of rotatable bonds is 4. The molecule has 0 aromatic heterocycles. The fourth-order valence-corrected chi connectivity index (χ4v) is 4.22. The Morgan fingerprint density at radius 1 is 1.04 bits per heavy atom. The topological polar surface area (TPSA) is 68.2 Å². The summed E-state index contributed by atoms with van der Waals surface area (Å²) < 4.78 is 10.5. The lowest BCUT2D eigenvalue weighted by Gasteiger charge is -2.37.